The van der Waals surface area contributed by atoms with Crippen molar-refractivity contribution < 1.29 is 9.53 Å². The van der Waals surface area contributed by atoms with E-state index in [1.165, 1.54) is 22.9 Å². The van der Waals surface area contributed by atoms with Crippen LogP contribution in [-0.4, -0.2) is 33.0 Å². The molecule has 1 atom stereocenters. The van der Waals surface area contributed by atoms with Gasteiger partial charge in [-0.25, -0.2) is 0 Å². The van der Waals surface area contributed by atoms with Crippen LogP contribution in [0.15, 0.2) is 78.0 Å². The number of nitrogens with zero attached hydrogens (tertiary/aromatic N) is 3. The number of anilines is 1. The number of nitrogens with one attached hydrogen (secondary N) is 1. The molecule has 6 nitrogen and oxygen atoms in total. The van der Waals surface area contributed by atoms with Crippen molar-refractivity contribution in [1.82, 2.24) is 14.8 Å². The maximum absolute atomic E-state index is 12.7. The molecule has 1 N–H and O–H groups in total. The van der Waals surface area contributed by atoms with Gasteiger partial charge in [-0.1, -0.05) is 67.6 Å². The third-order valence-electron chi connectivity index (χ3n) is 6.06. The lowest BCUT2D eigenvalue weighted by Gasteiger charge is -2.12. The number of benzene rings is 3. The molecule has 36 heavy (non-hydrogen) atoms. The molecule has 0 fully saturated rings. The van der Waals surface area contributed by atoms with Gasteiger partial charge in [0, 0.05) is 16.9 Å². The zero-order valence-electron chi connectivity index (χ0n) is 21.2. The van der Waals surface area contributed by atoms with Gasteiger partial charge >= 0.3 is 0 Å². The summed E-state index contributed by atoms with van der Waals surface area (Å²) in [6.45, 7) is 9.00. The predicted octanol–water partition coefficient (Wildman–Crippen LogP) is 6.89. The summed E-state index contributed by atoms with van der Waals surface area (Å²) in [5.74, 6) is 2.16. The molecule has 4 rings (SSSR count). The normalized spacial score (nSPS) is 11.8. The van der Waals surface area contributed by atoms with E-state index in [1.54, 1.807) is 0 Å². The summed E-state index contributed by atoms with van der Waals surface area (Å²) in [7, 11) is 0. The molecule has 1 heterocycles. The minimum Gasteiger partial charge on any atom is -0.494 e. The molecule has 0 aliphatic carbocycles. The number of thioether (sulfide) groups is 1. The fourth-order valence-corrected chi connectivity index (χ4v) is 4.55. The molecule has 0 unspecified atom stereocenters. The van der Waals surface area contributed by atoms with Crippen molar-refractivity contribution in [2.75, 3.05) is 17.7 Å². The van der Waals surface area contributed by atoms with Gasteiger partial charge in [0.15, 0.2) is 11.0 Å². The van der Waals surface area contributed by atoms with E-state index in [4.69, 9.17) is 4.74 Å². The Kier molecular flexibility index (Phi) is 8.44. The Morgan fingerprint density at radius 2 is 1.67 bits per heavy atom. The lowest BCUT2D eigenvalue weighted by Crippen LogP contribution is -2.14. The van der Waals surface area contributed by atoms with Crippen LogP contribution in [0.4, 0.5) is 5.69 Å². The van der Waals surface area contributed by atoms with E-state index in [2.05, 4.69) is 60.6 Å². The Morgan fingerprint density at radius 3 is 2.31 bits per heavy atom. The standard InChI is InChI=1S/C29H32N4O2S/c1-5-21(4)22-11-13-24(14-12-22)30-27(34)19-36-29-32-31-28(23-9-7-20(3)8-10-23)33(29)25-15-17-26(18-16-25)35-6-2/h7-18,21H,5-6,19H2,1-4H3,(H,30,34)/t21-/m1/s1. The van der Waals surface area contributed by atoms with Crippen molar-refractivity contribution in [2.24, 2.45) is 0 Å². The average molecular weight is 501 g/mol. The molecular weight excluding hydrogens is 468 g/mol. The highest BCUT2D eigenvalue weighted by Gasteiger charge is 2.18. The average Bonchev–Trinajstić information content (AvgIpc) is 3.32. The van der Waals surface area contributed by atoms with Gasteiger partial charge in [0.05, 0.1) is 12.4 Å². The van der Waals surface area contributed by atoms with Gasteiger partial charge in [0.25, 0.3) is 0 Å². The minimum atomic E-state index is -0.0885. The zero-order chi connectivity index (χ0) is 25.5. The van der Waals surface area contributed by atoms with Crippen molar-refractivity contribution in [3.63, 3.8) is 0 Å². The first-order chi connectivity index (χ1) is 17.5. The number of aryl methyl sites for hydroxylation is 1. The van der Waals surface area contributed by atoms with Gasteiger partial charge in [0.2, 0.25) is 5.91 Å². The van der Waals surface area contributed by atoms with Crippen molar-refractivity contribution in [1.29, 1.82) is 0 Å². The summed E-state index contributed by atoms with van der Waals surface area (Å²) in [5, 5.41) is 12.5. The molecule has 0 saturated heterocycles. The van der Waals surface area contributed by atoms with Crippen LogP contribution < -0.4 is 10.1 Å². The van der Waals surface area contributed by atoms with Gasteiger partial charge in [-0.3, -0.25) is 9.36 Å². The highest BCUT2D eigenvalue weighted by molar-refractivity contribution is 7.99. The number of hydrogen-bond acceptors (Lipinski definition) is 5. The number of carbonyl (C=O) groups is 1. The van der Waals surface area contributed by atoms with Gasteiger partial charge < -0.3 is 10.1 Å². The SMILES string of the molecule is CCOc1ccc(-n2c(SCC(=O)Nc3ccc([C@H](C)CC)cc3)nnc2-c2ccc(C)cc2)cc1. The highest BCUT2D eigenvalue weighted by Crippen LogP contribution is 2.29. The van der Waals surface area contributed by atoms with Crippen LogP contribution in [0, 0.1) is 6.92 Å². The number of ether oxygens (including phenoxy) is 1. The summed E-state index contributed by atoms with van der Waals surface area (Å²) in [5.41, 5.74) is 5.11. The minimum absolute atomic E-state index is 0.0885. The third kappa shape index (κ3) is 6.15. The zero-order valence-corrected chi connectivity index (χ0v) is 22.0. The summed E-state index contributed by atoms with van der Waals surface area (Å²) in [4.78, 5) is 12.7. The largest absolute Gasteiger partial charge is 0.494 e. The molecule has 3 aromatic carbocycles. The van der Waals surface area contributed by atoms with E-state index in [9.17, 15) is 4.79 Å². The van der Waals surface area contributed by atoms with E-state index < -0.39 is 0 Å². The molecule has 0 saturated carbocycles. The van der Waals surface area contributed by atoms with Crippen molar-refractivity contribution in [2.45, 2.75) is 45.2 Å². The molecule has 0 aliphatic heterocycles. The van der Waals surface area contributed by atoms with E-state index in [0.717, 1.165) is 34.9 Å². The van der Waals surface area contributed by atoms with Crippen molar-refractivity contribution in [3.05, 3.63) is 83.9 Å². The van der Waals surface area contributed by atoms with Crippen LogP contribution >= 0.6 is 11.8 Å². The van der Waals surface area contributed by atoms with Crippen LogP contribution in [0.3, 0.4) is 0 Å². The van der Waals surface area contributed by atoms with E-state index in [1.807, 2.05) is 60.0 Å². The molecule has 0 bridgehead atoms. The second kappa shape index (κ2) is 11.9. The molecule has 0 radical (unpaired) electrons. The second-order valence-corrected chi connectivity index (χ2v) is 9.65. The molecule has 1 amide bonds. The van der Waals surface area contributed by atoms with Gasteiger partial charge in [-0.2, -0.15) is 0 Å². The van der Waals surface area contributed by atoms with Gasteiger partial charge in [0.1, 0.15) is 5.75 Å². The monoisotopic (exact) mass is 500 g/mol. The smallest absolute Gasteiger partial charge is 0.234 e. The molecule has 1 aromatic heterocycles. The van der Waals surface area contributed by atoms with E-state index in [-0.39, 0.29) is 11.7 Å². The molecule has 186 valence electrons. The summed E-state index contributed by atoms with van der Waals surface area (Å²) >= 11 is 1.36. The first-order valence-electron chi connectivity index (χ1n) is 12.3. The highest BCUT2D eigenvalue weighted by atomic mass is 32.2. The molecule has 0 spiro atoms. The molecule has 4 aromatic rings. The van der Waals surface area contributed by atoms with Gasteiger partial charge in [-0.15, -0.1) is 10.2 Å². The van der Waals surface area contributed by atoms with Crippen LogP contribution in [0.1, 0.15) is 44.2 Å². The number of amides is 1. The number of carbonyl (C=O) groups excluding carboxylic acids is 1. The van der Waals surface area contributed by atoms with E-state index >= 15 is 0 Å². The van der Waals surface area contributed by atoms with Crippen molar-refractivity contribution >= 4 is 23.4 Å². The second-order valence-electron chi connectivity index (χ2n) is 8.70. The van der Waals surface area contributed by atoms with Crippen LogP contribution in [-0.2, 0) is 4.79 Å². The summed E-state index contributed by atoms with van der Waals surface area (Å²) in [6, 6.07) is 24.1. The maximum Gasteiger partial charge on any atom is 0.234 e. The molecule has 0 aliphatic rings. The Morgan fingerprint density at radius 1 is 0.972 bits per heavy atom. The third-order valence-corrected chi connectivity index (χ3v) is 6.99. The topological polar surface area (TPSA) is 69.0 Å². The van der Waals surface area contributed by atoms with Gasteiger partial charge in [-0.05, 0) is 68.1 Å². The fraction of sp³-hybridized carbons (Fsp3) is 0.276. The number of aromatic nitrogens is 3. The number of hydrogen-bond donors (Lipinski definition) is 1. The van der Waals surface area contributed by atoms with E-state index in [0.29, 0.717) is 17.7 Å². The lowest BCUT2D eigenvalue weighted by molar-refractivity contribution is -0.113. The van der Waals surface area contributed by atoms with Crippen molar-refractivity contribution in [3.8, 4) is 22.8 Å². The Bertz CT molecular complexity index is 1280. The first-order valence-corrected chi connectivity index (χ1v) is 13.2. The Balaban J connectivity index is 1.53. The predicted molar refractivity (Wildman–Crippen MR) is 147 cm³/mol. The van der Waals surface area contributed by atoms with Crippen LogP contribution in [0.2, 0.25) is 0 Å². The lowest BCUT2D eigenvalue weighted by atomic mass is 9.99. The number of rotatable bonds is 10. The summed E-state index contributed by atoms with van der Waals surface area (Å²) < 4.78 is 7.59. The quantitative estimate of drug-likeness (QED) is 0.240. The van der Waals surface area contributed by atoms with Crippen LogP contribution in [0.5, 0.6) is 5.75 Å². The fourth-order valence-electron chi connectivity index (χ4n) is 3.80. The van der Waals surface area contributed by atoms with Crippen LogP contribution in [0.25, 0.3) is 17.1 Å². The molecular formula is C29H32N4O2S. The Labute approximate surface area is 217 Å². The Hall–Kier alpha value is -3.58. The first kappa shape index (κ1) is 25.5. The maximum atomic E-state index is 12.7. The molecule has 7 heteroatoms. The summed E-state index contributed by atoms with van der Waals surface area (Å²) in [6.07, 6.45) is 1.09.